The van der Waals surface area contributed by atoms with E-state index in [-0.39, 0.29) is 5.56 Å². The molecule has 0 spiro atoms. The number of carbonyl (C=O) groups excluding carboxylic acids is 1. The van der Waals surface area contributed by atoms with Crippen molar-refractivity contribution in [3.8, 4) is 0 Å². The Hall–Kier alpha value is -2.62. The average molecular weight is 591 g/mol. The molecule has 2 aromatic heterocycles. The second-order valence-electron chi connectivity index (χ2n) is 9.27. The molecule has 1 fully saturated rings. The van der Waals surface area contributed by atoms with Crippen LogP contribution in [-0.2, 0) is 12.7 Å². The van der Waals surface area contributed by atoms with Crippen molar-refractivity contribution in [2.75, 3.05) is 6.54 Å². The summed E-state index contributed by atoms with van der Waals surface area (Å²) < 4.78 is 43.4. The molecule has 4 aromatic rings. The van der Waals surface area contributed by atoms with Crippen molar-refractivity contribution >= 4 is 50.3 Å². The fraction of sp³-hybridized carbons (Fsp3) is 0.333. The molecule has 0 atom stereocenters. The Labute approximate surface area is 215 Å². The number of pyridine rings is 1. The monoisotopic (exact) mass is 591 g/mol. The first-order chi connectivity index (χ1) is 16.8. The maximum absolute atomic E-state index is 13.6. The number of amides is 1. The predicted octanol–water partition coefficient (Wildman–Crippen LogP) is 6.98. The largest absolute Gasteiger partial charge is 0.416 e. The summed E-state index contributed by atoms with van der Waals surface area (Å²) in [5.74, 6) is -0.101. The van der Waals surface area contributed by atoms with Crippen LogP contribution in [0.1, 0.15) is 47.2 Å². The minimum atomic E-state index is -4.54. The summed E-state index contributed by atoms with van der Waals surface area (Å²) >= 11 is 2.45. The molecule has 4 nitrogen and oxygen atoms in total. The van der Waals surface area contributed by atoms with Gasteiger partial charge in [0.25, 0.3) is 5.91 Å². The van der Waals surface area contributed by atoms with Crippen molar-refractivity contribution in [1.82, 2.24) is 14.9 Å². The number of hydrogen-bond acceptors (Lipinski definition) is 2. The lowest BCUT2D eigenvalue weighted by molar-refractivity contribution is -0.137. The van der Waals surface area contributed by atoms with Crippen LogP contribution in [0, 0.1) is 5.92 Å². The van der Waals surface area contributed by atoms with Crippen molar-refractivity contribution in [1.29, 1.82) is 0 Å². The highest BCUT2D eigenvalue weighted by Crippen LogP contribution is 2.34. The molecule has 2 aromatic carbocycles. The quantitative estimate of drug-likeness (QED) is 0.201. The lowest BCUT2D eigenvalue weighted by atomic mass is 9.89. The van der Waals surface area contributed by atoms with Gasteiger partial charge in [-0.1, -0.05) is 40.8 Å². The van der Waals surface area contributed by atoms with Gasteiger partial charge >= 0.3 is 6.18 Å². The van der Waals surface area contributed by atoms with Gasteiger partial charge in [-0.25, -0.2) is 0 Å². The summed E-state index contributed by atoms with van der Waals surface area (Å²) in [6.45, 7) is 0.877. The Bertz CT molecular complexity index is 1370. The Morgan fingerprint density at radius 2 is 1.83 bits per heavy atom. The van der Waals surface area contributed by atoms with Gasteiger partial charge in [-0.2, -0.15) is 13.2 Å². The number of alkyl halides is 4. The first-order valence-electron chi connectivity index (χ1n) is 11.7. The van der Waals surface area contributed by atoms with Gasteiger partial charge in [-0.15, -0.1) is 0 Å². The van der Waals surface area contributed by atoms with E-state index in [1.807, 2.05) is 34.9 Å². The first kappa shape index (κ1) is 24.1. The van der Waals surface area contributed by atoms with E-state index in [0.29, 0.717) is 33.8 Å². The Kier molecular flexibility index (Phi) is 6.74. The molecule has 1 amide bonds. The van der Waals surface area contributed by atoms with E-state index in [1.54, 1.807) is 18.5 Å². The van der Waals surface area contributed by atoms with Crippen molar-refractivity contribution in [2.24, 2.45) is 5.92 Å². The molecule has 8 heteroatoms. The summed E-state index contributed by atoms with van der Waals surface area (Å²) in [4.78, 5) is 17.7. The summed E-state index contributed by atoms with van der Waals surface area (Å²) in [5.41, 5.74) is 1.52. The van der Waals surface area contributed by atoms with Crippen LogP contribution in [-0.4, -0.2) is 25.9 Å². The minimum absolute atomic E-state index is 0.0520. The van der Waals surface area contributed by atoms with Gasteiger partial charge in [0.1, 0.15) is 0 Å². The van der Waals surface area contributed by atoms with Crippen molar-refractivity contribution in [2.45, 2.75) is 42.3 Å². The molecule has 2 heterocycles. The number of aromatic nitrogens is 2. The number of carbonyl (C=O) groups is 1. The number of nitrogens with zero attached hydrogens (tertiary/aromatic N) is 2. The third-order valence-electron chi connectivity index (χ3n) is 6.76. The van der Waals surface area contributed by atoms with E-state index in [4.69, 9.17) is 0 Å². The fourth-order valence-corrected chi connectivity index (χ4v) is 5.59. The highest BCUT2D eigenvalue weighted by atomic mass is 127. The normalized spacial score (nSPS) is 18.7. The van der Waals surface area contributed by atoms with E-state index in [9.17, 15) is 18.0 Å². The maximum Gasteiger partial charge on any atom is 0.416 e. The second kappa shape index (κ2) is 9.79. The highest BCUT2D eigenvalue weighted by Gasteiger charge is 2.33. The predicted molar refractivity (Wildman–Crippen MR) is 140 cm³/mol. The summed E-state index contributed by atoms with van der Waals surface area (Å²) in [6.07, 6.45) is 3.23. The van der Waals surface area contributed by atoms with Gasteiger partial charge < -0.3 is 9.88 Å². The Morgan fingerprint density at radius 1 is 1.06 bits per heavy atom. The third-order valence-corrected chi connectivity index (χ3v) is 8.01. The molecule has 0 saturated heterocycles. The Balaban J connectivity index is 1.47. The molecule has 0 bridgehead atoms. The van der Waals surface area contributed by atoms with Crippen LogP contribution < -0.4 is 5.32 Å². The number of fused-ring (bicyclic) bond motifs is 2. The molecule has 0 unspecified atom stereocenters. The molecule has 0 radical (unpaired) electrons. The van der Waals surface area contributed by atoms with Gasteiger partial charge in [0.05, 0.1) is 22.2 Å². The zero-order valence-corrected chi connectivity index (χ0v) is 21.1. The van der Waals surface area contributed by atoms with Crippen molar-refractivity contribution in [3.05, 3.63) is 77.6 Å². The van der Waals surface area contributed by atoms with Gasteiger partial charge in [0, 0.05) is 40.2 Å². The van der Waals surface area contributed by atoms with Crippen LogP contribution in [0.4, 0.5) is 13.2 Å². The fourth-order valence-electron chi connectivity index (χ4n) is 4.88. The number of hydrogen-bond donors (Lipinski definition) is 1. The highest BCUT2D eigenvalue weighted by molar-refractivity contribution is 14.1. The van der Waals surface area contributed by atoms with Crippen LogP contribution in [0.5, 0.6) is 0 Å². The second-order valence-corrected chi connectivity index (χ2v) is 11.0. The van der Waals surface area contributed by atoms with E-state index in [0.717, 1.165) is 54.3 Å². The lowest BCUT2D eigenvalue weighted by Crippen LogP contribution is -2.32. The van der Waals surface area contributed by atoms with Crippen LogP contribution in [0.25, 0.3) is 21.8 Å². The maximum atomic E-state index is 13.6. The van der Waals surface area contributed by atoms with Crippen LogP contribution in [0.15, 0.2) is 60.9 Å². The zero-order valence-electron chi connectivity index (χ0n) is 19.0. The van der Waals surface area contributed by atoms with E-state index in [1.165, 1.54) is 0 Å². The number of para-hydroxylation sites is 1. The minimum Gasteiger partial charge on any atom is -0.352 e. The standard InChI is InChI=1S/C27H25F3IN3O/c28-27(29,30)21-12-20-9-10-34(16-18-11-19-3-1-2-4-24(19)32-15-18)25(20)23(13-21)26(35)33-14-17-5-7-22(31)8-6-17/h1-4,9-13,15,17,22H,5-8,14,16H2,(H,33,35). The molecule has 1 aliphatic carbocycles. The molecular weight excluding hydrogens is 566 g/mol. The molecule has 1 N–H and O–H groups in total. The van der Waals surface area contributed by atoms with Crippen LogP contribution in [0.3, 0.4) is 0 Å². The van der Waals surface area contributed by atoms with Crippen molar-refractivity contribution in [3.63, 3.8) is 0 Å². The SMILES string of the molecule is O=C(NCC1CCC(I)CC1)c1cc(C(F)(F)F)cc2ccn(Cc3cnc4ccccc4c3)c12. The topological polar surface area (TPSA) is 46.9 Å². The van der Waals surface area contributed by atoms with Gasteiger partial charge in [-0.05, 0) is 67.5 Å². The molecule has 0 aliphatic heterocycles. The molecule has 35 heavy (non-hydrogen) atoms. The number of nitrogens with one attached hydrogen (secondary N) is 1. The van der Waals surface area contributed by atoms with Gasteiger partial charge in [-0.3, -0.25) is 9.78 Å². The van der Waals surface area contributed by atoms with E-state index < -0.39 is 17.6 Å². The summed E-state index contributed by atoms with van der Waals surface area (Å²) in [7, 11) is 0. The van der Waals surface area contributed by atoms with Gasteiger partial charge in [0.15, 0.2) is 0 Å². The van der Waals surface area contributed by atoms with Crippen LogP contribution >= 0.6 is 22.6 Å². The summed E-state index contributed by atoms with van der Waals surface area (Å²) in [5, 5.41) is 4.30. The number of rotatable bonds is 5. The molecular formula is C27H25F3IN3O. The lowest BCUT2D eigenvalue weighted by Gasteiger charge is -2.25. The van der Waals surface area contributed by atoms with Gasteiger partial charge in [0.2, 0.25) is 0 Å². The third kappa shape index (κ3) is 5.32. The van der Waals surface area contributed by atoms with E-state index >= 15 is 0 Å². The molecule has 5 rings (SSSR count). The Morgan fingerprint density at radius 3 is 2.60 bits per heavy atom. The average Bonchev–Trinajstić information content (AvgIpc) is 3.25. The first-order valence-corrected chi connectivity index (χ1v) is 13.0. The number of halogens is 4. The van der Waals surface area contributed by atoms with Crippen molar-refractivity contribution < 1.29 is 18.0 Å². The summed E-state index contributed by atoms with van der Waals surface area (Å²) in [6, 6.07) is 13.5. The number of benzene rings is 2. The van der Waals surface area contributed by atoms with Crippen LogP contribution in [0.2, 0.25) is 0 Å². The zero-order chi connectivity index (χ0) is 24.6. The molecule has 1 aliphatic rings. The molecule has 1 saturated carbocycles. The van der Waals surface area contributed by atoms with E-state index in [2.05, 4.69) is 32.9 Å². The smallest absolute Gasteiger partial charge is 0.352 e. The molecule has 182 valence electrons.